The second-order valence-electron chi connectivity index (χ2n) is 5.84. The maximum Gasteiger partial charge on any atom is 0.322 e. The monoisotopic (exact) mass is 316 g/mol. The van der Waals surface area contributed by atoms with Gasteiger partial charge in [0.1, 0.15) is 6.33 Å². The topological polar surface area (TPSA) is 58.1 Å². The summed E-state index contributed by atoms with van der Waals surface area (Å²) in [5.74, 6) is -1.92. The Bertz CT molecular complexity index is 782. The van der Waals surface area contributed by atoms with Crippen LogP contribution in [-0.4, -0.2) is 26.9 Å². The van der Waals surface area contributed by atoms with Gasteiger partial charge in [0, 0.05) is 36.0 Å². The zero-order chi connectivity index (χ0) is 16.0. The van der Waals surface area contributed by atoms with Crippen molar-refractivity contribution in [3.05, 3.63) is 53.6 Å². The summed E-state index contributed by atoms with van der Waals surface area (Å²) in [5, 5.41) is 2.65. The molecule has 7 heteroatoms. The molecule has 3 heterocycles. The maximum atomic E-state index is 13.3. The van der Waals surface area contributed by atoms with Crippen LogP contribution < -0.4 is 5.32 Å². The first-order chi connectivity index (χ1) is 11.1. The Balaban J connectivity index is 1.59. The quantitative estimate of drug-likeness (QED) is 0.880. The number of carbonyl (C=O) groups is 1. The van der Waals surface area contributed by atoms with E-state index in [1.165, 1.54) is 12.4 Å². The summed E-state index contributed by atoms with van der Waals surface area (Å²) in [6.07, 6.45) is 5.73. The fourth-order valence-corrected chi connectivity index (χ4v) is 3.50. The number of nitrogens with zero attached hydrogens (tertiary/aromatic N) is 3. The van der Waals surface area contributed by atoms with Gasteiger partial charge in [-0.1, -0.05) is 0 Å². The van der Waals surface area contributed by atoms with E-state index in [0.717, 1.165) is 36.2 Å². The van der Waals surface area contributed by atoms with Crippen molar-refractivity contribution in [2.75, 3.05) is 5.32 Å². The Labute approximate surface area is 131 Å². The molecule has 4 rings (SSSR count). The number of nitrogens with one attached hydrogen (secondary N) is 1. The minimum absolute atomic E-state index is 0.0600. The molecule has 1 aromatic carbocycles. The van der Waals surface area contributed by atoms with Crippen LogP contribution in [0.1, 0.15) is 30.1 Å². The summed E-state index contributed by atoms with van der Waals surface area (Å²) in [6, 6.07) is 3.04. The second kappa shape index (κ2) is 5.26. The van der Waals surface area contributed by atoms with Crippen molar-refractivity contribution < 1.29 is 13.6 Å². The van der Waals surface area contributed by atoms with Crippen LogP contribution in [0.4, 0.5) is 19.3 Å². The summed E-state index contributed by atoms with van der Waals surface area (Å²) >= 11 is 0. The Morgan fingerprint density at radius 1 is 1.26 bits per heavy atom. The third-order valence-corrected chi connectivity index (χ3v) is 4.52. The smallest absolute Gasteiger partial charge is 0.314 e. The average molecular weight is 316 g/mol. The van der Waals surface area contributed by atoms with Crippen molar-refractivity contribution in [1.82, 2.24) is 14.9 Å². The minimum Gasteiger partial charge on any atom is -0.314 e. The van der Waals surface area contributed by atoms with Crippen LogP contribution in [-0.2, 0) is 6.42 Å². The van der Waals surface area contributed by atoms with Gasteiger partial charge in [0.2, 0.25) is 0 Å². The molecule has 1 fully saturated rings. The summed E-state index contributed by atoms with van der Waals surface area (Å²) in [7, 11) is 0. The van der Waals surface area contributed by atoms with E-state index in [1.54, 1.807) is 11.1 Å². The van der Waals surface area contributed by atoms with Crippen LogP contribution in [0.15, 0.2) is 30.7 Å². The van der Waals surface area contributed by atoms with Crippen LogP contribution in [0, 0.1) is 11.6 Å². The molecule has 0 radical (unpaired) electrons. The molecule has 118 valence electrons. The highest BCUT2D eigenvalue weighted by molar-refractivity contribution is 5.90. The van der Waals surface area contributed by atoms with E-state index in [1.807, 2.05) is 0 Å². The predicted molar refractivity (Wildman–Crippen MR) is 78.7 cm³/mol. The Kier molecular flexibility index (Phi) is 3.21. The molecular weight excluding hydrogens is 302 g/mol. The third kappa shape index (κ3) is 2.32. The molecule has 2 bridgehead atoms. The molecule has 23 heavy (non-hydrogen) atoms. The molecule has 1 N–H and O–H groups in total. The van der Waals surface area contributed by atoms with Crippen LogP contribution in [0.2, 0.25) is 0 Å². The number of urea groups is 1. The number of rotatable bonds is 1. The van der Waals surface area contributed by atoms with Gasteiger partial charge in [-0.25, -0.2) is 23.5 Å². The van der Waals surface area contributed by atoms with E-state index in [4.69, 9.17) is 0 Å². The zero-order valence-corrected chi connectivity index (χ0v) is 12.2. The number of fused-ring (bicyclic) bond motifs is 4. The van der Waals surface area contributed by atoms with Crippen molar-refractivity contribution in [2.45, 2.75) is 31.3 Å². The van der Waals surface area contributed by atoms with Crippen LogP contribution >= 0.6 is 0 Å². The van der Waals surface area contributed by atoms with Gasteiger partial charge in [0.15, 0.2) is 11.6 Å². The lowest BCUT2D eigenvalue weighted by Crippen LogP contribution is -2.44. The van der Waals surface area contributed by atoms with Crippen LogP contribution in [0.25, 0.3) is 0 Å². The summed E-state index contributed by atoms with van der Waals surface area (Å²) < 4.78 is 26.3. The van der Waals surface area contributed by atoms with E-state index in [0.29, 0.717) is 6.42 Å². The first kappa shape index (κ1) is 14.0. The molecule has 1 saturated heterocycles. The number of hydrogen-bond acceptors (Lipinski definition) is 3. The molecule has 1 aromatic heterocycles. The largest absolute Gasteiger partial charge is 0.322 e. The molecule has 0 aliphatic carbocycles. The number of halogens is 2. The first-order valence-corrected chi connectivity index (χ1v) is 7.46. The Morgan fingerprint density at radius 2 is 2.13 bits per heavy atom. The lowest BCUT2D eigenvalue weighted by Gasteiger charge is -2.35. The van der Waals surface area contributed by atoms with Crippen LogP contribution in [0.3, 0.4) is 0 Å². The number of aromatic nitrogens is 2. The minimum atomic E-state index is -0.983. The van der Waals surface area contributed by atoms with Gasteiger partial charge in [-0.15, -0.1) is 0 Å². The van der Waals surface area contributed by atoms with Gasteiger partial charge in [-0.2, -0.15) is 0 Å². The van der Waals surface area contributed by atoms with E-state index in [2.05, 4.69) is 15.3 Å². The molecule has 0 saturated carbocycles. The first-order valence-electron chi connectivity index (χ1n) is 7.46. The maximum absolute atomic E-state index is 13.3. The molecule has 5 nitrogen and oxygen atoms in total. The number of amides is 2. The molecule has 0 spiro atoms. The van der Waals surface area contributed by atoms with Crippen molar-refractivity contribution >= 4 is 11.7 Å². The van der Waals surface area contributed by atoms with Gasteiger partial charge in [0.05, 0.1) is 11.7 Å². The fourth-order valence-electron chi connectivity index (χ4n) is 3.50. The van der Waals surface area contributed by atoms with Gasteiger partial charge in [-0.3, -0.25) is 0 Å². The molecule has 2 unspecified atom stereocenters. The predicted octanol–water partition coefficient (Wildman–Crippen LogP) is 3.05. The summed E-state index contributed by atoms with van der Waals surface area (Å²) in [4.78, 5) is 22.7. The number of carbonyl (C=O) groups excluding carboxylic acids is 1. The van der Waals surface area contributed by atoms with Crippen LogP contribution in [0.5, 0.6) is 0 Å². The molecule has 2 aromatic rings. The highest BCUT2D eigenvalue weighted by Gasteiger charge is 2.43. The Morgan fingerprint density at radius 3 is 2.96 bits per heavy atom. The standard InChI is InChI=1S/C16H14F2N4O/c17-12-3-1-9(5-13(12)18)21-16(23)22-10-2-4-15(22)11-7-19-8-20-14(11)6-10/h1,3,5,7-8,10,15H,2,4,6H2,(H,21,23). The number of anilines is 1. The number of benzene rings is 1. The van der Waals surface area contributed by atoms with Crippen molar-refractivity contribution in [3.8, 4) is 0 Å². The highest BCUT2D eigenvalue weighted by atomic mass is 19.2. The Hall–Kier alpha value is -2.57. The van der Waals surface area contributed by atoms with Gasteiger partial charge in [-0.05, 0) is 25.0 Å². The zero-order valence-electron chi connectivity index (χ0n) is 12.2. The summed E-state index contributed by atoms with van der Waals surface area (Å²) in [5.41, 5.74) is 2.20. The van der Waals surface area contributed by atoms with Gasteiger partial charge >= 0.3 is 6.03 Å². The molecule has 2 aliphatic rings. The van der Waals surface area contributed by atoms with E-state index >= 15 is 0 Å². The van der Waals surface area contributed by atoms with E-state index in [-0.39, 0.29) is 23.8 Å². The molecule has 2 atom stereocenters. The van der Waals surface area contributed by atoms with E-state index in [9.17, 15) is 13.6 Å². The van der Waals surface area contributed by atoms with Gasteiger partial charge in [0.25, 0.3) is 0 Å². The van der Waals surface area contributed by atoms with Crippen molar-refractivity contribution in [2.24, 2.45) is 0 Å². The van der Waals surface area contributed by atoms with Gasteiger partial charge < -0.3 is 10.2 Å². The number of hydrogen-bond donors (Lipinski definition) is 1. The third-order valence-electron chi connectivity index (χ3n) is 4.52. The van der Waals surface area contributed by atoms with E-state index < -0.39 is 11.6 Å². The van der Waals surface area contributed by atoms with Crippen molar-refractivity contribution in [1.29, 1.82) is 0 Å². The lowest BCUT2D eigenvalue weighted by atomic mass is 10.00. The molecule has 2 aliphatic heterocycles. The summed E-state index contributed by atoms with van der Waals surface area (Å²) in [6.45, 7) is 0. The van der Waals surface area contributed by atoms with Crippen molar-refractivity contribution in [3.63, 3.8) is 0 Å². The molecule has 2 amide bonds. The lowest BCUT2D eigenvalue weighted by molar-refractivity contribution is 0.178. The highest BCUT2D eigenvalue weighted by Crippen LogP contribution is 2.42. The fraction of sp³-hybridized carbons (Fsp3) is 0.312. The normalized spacial score (nSPS) is 21.9. The second-order valence-corrected chi connectivity index (χ2v) is 5.84. The average Bonchev–Trinajstić information content (AvgIpc) is 2.86. The SMILES string of the molecule is O=C(Nc1ccc(F)c(F)c1)N1C2CCC1c1cncnc1C2. The molecular formula is C16H14F2N4O.